The first-order chi connectivity index (χ1) is 18.1. The van der Waals surface area contributed by atoms with Crippen LogP contribution in [-0.4, -0.2) is 51.3 Å². The lowest BCUT2D eigenvalue weighted by Gasteiger charge is -2.40. The molecule has 1 saturated heterocycles. The summed E-state index contributed by atoms with van der Waals surface area (Å²) in [6.45, 7) is 11.5. The van der Waals surface area contributed by atoms with Crippen LogP contribution in [0.15, 0.2) is 20.0 Å². The zero-order chi connectivity index (χ0) is 28.9. The summed E-state index contributed by atoms with van der Waals surface area (Å²) < 4.78 is 43.8. The first-order valence-corrected chi connectivity index (χ1v) is 14.9. The van der Waals surface area contributed by atoms with Gasteiger partial charge in [0.2, 0.25) is 0 Å². The number of rotatable bonds is 7. The second-order valence-electron chi connectivity index (χ2n) is 10.9. The lowest BCUT2D eigenvalue weighted by molar-refractivity contribution is -0.0924. The van der Waals surface area contributed by atoms with E-state index in [9.17, 15) is 19.1 Å². The molecule has 39 heavy (non-hydrogen) atoms. The quantitative estimate of drug-likeness (QED) is 0.184. The zero-order valence-electron chi connectivity index (χ0n) is 22.4. The number of ether oxygens (including phenoxy) is 2. The predicted octanol–water partition coefficient (Wildman–Crippen LogP) is 3.77. The van der Waals surface area contributed by atoms with Gasteiger partial charge in [-0.25, -0.2) is 14.6 Å². The lowest BCUT2D eigenvalue weighted by atomic mass is 9.82. The van der Waals surface area contributed by atoms with Crippen molar-refractivity contribution in [3.63, 3.8) is 0 Å². The first-order valence-electron chi connectivity index (χ1n) is 12.0. The number of nitrogens with zero attached hydrogens (tertiary/aromatic N) is 4. The standard InChI is InChI=1S/C24H30FN5O8Si/c1-8-24(10-34-39(6,7)23(3,4)5)13(17(36-21(31)32)16-12(2)35-22(33)37-16)9-14(38-24)30-11-27-15-18(26)28-20(25)29-19(15)30/h1,11,13-14,17H,9-10H2,2-7H3,(H,31,32)(H2,26,28,29)/t13-,14+,17?,24+/m0/s1. The van der Waals surface area contributed by atoms with Crippen LogP contribution in [0.1, 0.15) is 51.0 Å². The molecule has 0 aromatic carbocycles. The Hall–Kier alpha value is -3.74. The third-order valence-electron chi connectivity index (χ3n) is 7.46. The van der Waals surface area contributed by atoms with Gasteiger partial charge in [0.25, 0.3) is 0 Å². The van der Waals surface area contributed by atoms with Gasteiger partial charge in [0.15, 0.2) is 48.5 Å². The zero-order valence-corrected chi connectivity index (χ0v) is 23.4. The largest absolute Gasteiger partial charge is 0.519 e. The first kappa shape index (κ1) is 28.3. The van der Waals surface area contributed by atoms with Crippen LogP contribution < -0.4 is 11.6 Å². The molecule has 1 unspecified atom stereocenters. The summed E-state index contributed by atoms with van der Waals surface area (Å²) in [4.78, 5) is 35.1. The minimum Gasteiger partial charge on any atom is -0.450 e. The summed E-state index contributed by atoms with van der Waals surface area (Å²) in [7, 11) is -2.40. The number of nitrogens with two attached hydrogens (primary N) is 1. The number of halogens is 1. The molecule has 0 aliphatic carbocycles. The Morgan fingerprint density at radius 1 is 1.41 bits per heavy atom. The fourth-order valence-electron chi connectivity index (χ4n) is 4.32. The summed E-state index contributed by atoms with van der Waals surface area (Å²) >= 11 is 0. The van der Waals surface area contributed by atoms with E-state index in [1.807, 2.05) is 33.9 Å². The minimum absolute atomic E-state index is 0.00826. The molecule has 13 nitrogen and oxygen atoms in total. The van der Waals surface area contributed by atoms with E-state index >= 15 is 0 Å². The number of anilines is 1. The summed E-state index contributed by atoms with van der Waals surface area (Å²) in [6.07, 6.45) is 2.37. The Kier molecular flexibility index (Phi) is 7.09. The lowest BCUT2D eigenvalue weighted by Crippen LogP contribution is -2.49. The Morgan fingerprint density at radius 2 is 2.10 bits per heavy atom. The van der Waals surface area contributed by atoms with Gasteiger partial charge in [-0.1, -0.05) is 26.7 Å². The van der Waals surface area contributed by atoms with Gasteiger partial charge in [-0.2, -0.15) is 14.4 Å². The summed E-state index contributed by atoms with van der Waals surface area (Å²) in [5, 5.41) is 9.40. The van der Waals surface area contributed by atoms with E-state index in [0.29, 0.717) is 0 Å². The maximum absolute atomic E-state index is 14.1. The van der Waals surface area contributed by atoms with Crippen molar-refractivity contribution in [3.05, 3.63) is 34.5 Å². The SMILES string of the molecule is C#C[C@]1(CO[Si](C)(C)C(C)(C)C)O[C@@H](n2cnc3c(N)nc(F)nc32)C[C@H]1C(OC(=O)O)c1oc(=O)oc1C. The second kappa shape index (κ2) is 9.78. The van der Waals surface area contributed by atoms with Crippen LogP contribution in [0.25, 0.3) is 11.2 Å². The average molecular weight is 564 g/mol. The average Bonchev–Trinajstić information content (AvgIpc) is 3.50. The predicted molar refractivity (Wildman–Crippen MR) is 136 cm³/mol. The molecule has 3 aromatic rings. The molecule has 210 valence electrons. The maximum atomic E-state index is 14.1. The number of aromatic nitrogens is 4. The van der Waals surface area contributed by atoms with Crippen LogP contribution in [0.5, 0.6) is 0 Å². The molecule has 15 heteroatoms. The van der Waals surface area contributed by atoms with Crippen molar-refractivity contribution < 1.29 is 37.0 Å². The number of hydrogen-bond donors (Lipinski definition) is 2. The van der Waals surface area contributed by atoms with E-state index in [4.69, 9.17) is 34.9 Å². The molecule has 0 spiro atoms. The van der Waals surface area contributed by atoms with E-state index < -0.39 is 50.2 Å². The minimum atomic E-state index is -2.40. The highest BCUT2D eigenvalue weighted by Crippen LogP contribution is 2.50. The van der Waals surface area contributed by atoms with Crippen LogP contribution in [0, 0.1) is 31.3 Å². The molecule has 0 bridgehead atoms. The van der Waals surface area contributed by atoms with Crippen LogP contribution >= 0.6 is 0 Å². The normalized spacial score (nSPS) is 22.6. The van der Waals surface area contributed by atoms with Crippen molar-refractivity contribution in [1.29, 1.82) is 0 Å². The number of hydrogen-bond acceptors (Lipinski definition) is 11. The van der Waals surface area contributed by atoms with Crippen molar-refractivity contribution >= 4 is 31.5 Å². The second-order valence-corrected chi connectivity index (χ2v) is 15.7. The number of fused-ring (bicyclic) bond motifs is 1. The van der Waals surface area contributed by atoms with Crippen molar-refractivity contribution in [2.24, 2.45) is 5.92 Å². The molecular weight excluding hydrogens is 533 g/mol. The van der Waals surface area contributed by atoms with Crippen LogP contribution in [0.2, 0.25) is 18.1 Å². The molecule has 1 aliphatic heterocycles. The molecule has 1 aliphatic rings. The van der Waals surface area contributed by atoms with Gasteiger partial charge in [0, 0.05) is 6.42 Å². The molecule has 3 N–H and O–H groups in total. The van der Waals surface area contributed by atoms with Gasteiger partial charge in [0.1, 0.15) is 6.23 Å². The molecule has 0 radical (unpaired) electrons. The highest BCUT2D eigenvalue weighted by Gasteiger charge is 2.56. The van der Waals surface area contributed by atoms with Gasteiger partial charge in [-0.05, 0) is 25.1 Å². The Morgan fingerprint density at radius 3 is 2.67 bits per heavy atom. The van der Waals surface area contributed by atoms with E-state index in [-0.39, 0.29) is 46.6 Å². The van der Waals surface area contributed by atoms with Gasteiger partial charge >= 0.3 is 18.1 Å². The fourth-order valence-corrected chi connectivity index (χ4v) is 5.33. The smallest absolute Gasteiger partial charge is 0.450 e. The number of imidazole rings is 1. The third kappa shape index (κ3) is 5.14. The third-order valence-corrected chi connectivity index (χ3v) is 11.9. The Balaban J connectivity index is 1.84. The van der Waals surface area contributed by atoms with Crippen LogP contribution in [-0.2, 0) is 13.9 Å². The Bertz CT molecular complexity index is 1500. The molecule has 0 amide bonds. The number of carboxylic acid groups (broad SMARTS) is 1. The molecule has 4 atom stereocenters. The highest BCUT2D eigenvalue weighted by molar-refractivity contribution is 6.74. The summed E-state index contributed by atoms with van der Waals surface area (Å²) in [6, 6.07) is 0. The molecule has 4 heterocycles. The van der Waals surface area contributed by atoms with Crippen molar-refractivity contribution in [1.82, 2.24) is 19.5 Å². The van der Waals surface area contributed by atoms with Gasteiger partial charge < -0.3 is 33.6 Å². The molecular formula is C24H30FN5O8Si. The van der Waals surface area contributed by atoms with Gasteiger partial charge in [0.05, 0.1) is 18.9 Å². The van der Waals surface area contributed by atoms with Gasteiger partial charge in [-0.3, -0.25) is 4.57 Å². The van der Waals surface area contributed by atoms with E-state index in [1.165, 1.54) is 17.8 Å². The van der Waals surface area contributed by atoms with Crippen molar-refractivity contribution in [2.75, 3.05) is 12.3 Å². The van der Waals surface area contributed by atoms with Crippen LogP contribution in [0.4, 0.5) is 15.0 Å². The number of terminal acetylenes is 1. The Labute approximate surface area is 223 Å². The number of nitrogen functional groups attached to an aromatic ring is 1. The monoisotopic (exact) mass is 563 g/mol. The van der Waals surface area contributed by atoms with Crippen LogP contribution in [0.3, 0.4) is 0 Å². The molecule has 0 saturated carbocycles. The number of carbonyl (C=O) groups is 1. The topological polar surface area (TPSA) is 178 Å². The summed E-state index contributed by atoms with van der Waals surface area (Å²) in [5.74, 6) is 0.354. The van der Waals surface area contributed by atoms with E-state index in [2.05, 4.69) is 20.9 Å². The highest BCUT2D eigenvalue weighted by atomic mass is 28.4. The number of aryl methyl sites for hydroxylation is 1. The molecule has 3 aromatic heterocycles. The molecule has 4 rings (SSSR count). The van der Waals surface area contributed by atoms with E-state index in [0.717, 1.165) is 0 Å². The maximum Gasteiger partial charge on any atom is 0.519 e. The van der Waals surface area contributed by atoms with Gasteiger partial charge in [-0.15, -0.1) is 6.42 Å². The fraction of sp³-hybridized carbons (Fsp3) is 0.542. The van der Waals surface area contributed by atoms with Crippen molar-refractivity contribution in [3.8, 4) is 12.3 Å². The van der Waals surface area contributed by atoms with Crippen molar-refractivity contribution in [2.45, 2.75) is 70.2 Å². The molecule has 1 fully saturated rings. The summed E-state index contributed by atoms with van der Waals surface area (Å²) in [5.41, 5.74) is 4.42. The van der Waals surface area contributed by atoms with E-state index in [1.54, 1.807) is 0 Å².